The van der Waals surface area contributed by atoms with Crippen molar-refractivity contribution in [3.05, 3.63) is 71.5 Å². The summed E-state index contributed by atoms with van der Waals surface area (Å²) in [5.74, 6) is -0.0231. The van der Waals surface area contributed by atoms with E-state index in [2.05, 4.69) is 36.2 Å². The number of halogens is 1. The number of hydrogen-bond donors (Lipinski definition) is 0. The highest BCUT2D eigenvalue weighted by molar-refractivity contribution is 5.83. The van der Waals surface area contributed by atoms with E-state index >= 15 is 0 Å². The molecule has 2 aliphatic rings. The summed E-state index contributed by atoms with van der Waals surface area (Å²) in [4.78, 5) is 18.2. The molecule has 1 atom stereocenters. The molecular formula is C24H29FN2O2. The van der Waals surface area contributed by atoms with E-state index in [-0.39, 0.29) is 17.8 Å². The first-order chi connectivity index (χ1) is 14.1. The first-order valence-electron chi connectivity index (χ1n) is 10.4. The highest BCUT2D eigenvalue weighted by atomic mass is 19.1. The standard InChI is InChI=1S/C24H29FN2O2/c1-26-13-14-27(18-22(26)20-5-3-2-4-6-20)23(28)24(11-15-29-16-12-24)17-19-7-9-21(25)10-8-19/h2-10,22H,11-18H2,1H3. The van der Waals surface area contributed by atoms with E-state index < -0.39 is 5.41 Å². The monoisotopic (exact) mass is 396 g/mol. The van der Waals surface area contributed by atoms with E-state index in [0.717, 1.165) is 18.7 Å². The number of ether oxygens (including phenoxy) is 1. The summed E-state index contributed by atoms with van der Waals surface area (Å²) in [5.41, 5.74) is 1.79. The van der Waals surface area contributed by atoms with Gasteiger partial charge in [0.1, 0.15) is 5.82 Å². The van der Waals surface area contributed by atoms with E-state index in [4.69, 9.17) is 4.74 Å². The molecule has 2 saturated heterocycles. The number of carbonyl (C=O) groups is 1. The first kappa shape index (κ1) is 20.0. The van der Waals surface area contributed by atoms with Crippen molar-refractivity contribution in [3.8, 4) is 0 Å². The largest absolute Gasteiger partial charge is 0.381 e. The Morgan fingerprint density at radius 3 is 2.45 bits per heavy atom. The molecule has 2 aliphatic heterocycles. The minimum absolute atomic E-state index is 0.205. The molecule has 1 amide bonds. The Hall–Kier alpha value is -2.24. The maximum Gasteiger partial charge on any atom is 0.229 e. The molecule has 0 spiro atoms. The summed E-state index contributed by atoms with van der Waals surface area (Å²) in [6, 6.07) is 17.2. The smallest absolute Gasteiger partial charge is 0.229 e. The van der Waals surface area contributed by atoms with E-state index in [0.29, 0.717) is 39.0 Å². The van der Waals surface area contributed by atoms with Crippen LogP contribution in [-0.2, 0) is 16.0 Å². The number of hydrogen-bond acceptors (Lipinski definition) is 3. The zero-order valence-corrected chi connectivity index (χ0v) is 17.0. The Labute approximate surface area is 172 Å². The molecule has 2 heterocycles. The minimum Gasteiger partial charge on any atom is -0.381 e. The molecule has 0 aromatic heterocycles. The number of piperazine rings is 1. The zero-order chi connectivity index (χ0) is 20.3. The molecular weight excluding hydrogens is 367 g/mol. The van der Waals surface area contributed by atoms with E-state index in [1.54, 1.807) is 12.1 Å². The Kier molecular flexibility index (Phi) is 5.97. The second kappa shape index (κ2) is 8.64. The van der Waals surface area contributed by atoms with Gasteiger partial charge < -0.3 is 9.64 Å². The van der Waals surface area contributed by atoms with Gasteiger partial charge in [-0.05, 0) is 49.6 Å². The number of rotatable bonds is 4. The third-order valence-electron chi connectivity index (χ3n) is 6.48. The van der Waals surface area contributed by atoms with Crippen LogP contribution in [0.4, 0.5) is 4.39 Å². The average Bonchev–Trinajstić information content (AvgIpc) is 2.76. The fourth-order valence-corrected chi connectivity index (χ4v) is 4.65. The van der Waals surface area contributed by atoms with Crippen molar-refractivity contribution in [1.82, 2.24) is 9.80 Å². The Morgan fingerprint density at radius 2 is 1.76 bits per heavy atom. The van der Waals surface area contributed by atoms with Crippen LogP contribution >= 0.6 is 0 Å². The minimum atomic E-state index is -0.465. The molecule has 5 heteroatoms. The summed E-state index contributed by atoms with van der Waals surface area (Å²) in [7, 11) is 2.13. The summed E-state index contributed by atoms with van der Waals surface area (Å²) < 4.78 is 18.9. The third-order valence-corrected chi connectivity index (χ3v) is 6.48. The molecule has 4 nitrogen and oxygen atoms in total. The number of benzene rings is 2. The van der Waals surface area contributed by atoms with Crippen molar-refractivity contribution in [1.29, 1.82) is 0 Å². The maximum atomic E-state index is 13.8. The molecule has 2 aromatic rings. The molecule has 154 valence electrons. The molecule has 0 radical (unpaired) electrons. The molecule has 0 saturated carbocycles. The molecule has 0 N–H and O–H groups in total. The van der Waals surface area contributed by atoms with E-state index in [1.165, 1.54) is 17.7 Å². The van der Waals surface area contributed by atoms with Gasteiger partial charge in [0.2, 0.25) is 5.91 Å². The lowest BCUT2D eigenvalue weighted by molar-refractivity contribution is -0.151. The van der Waals surface area contributed by atoms with Crippen molar-refractivity contribution >= 4 is 5.91 Å². The number of likely N-dealkylation sites (N-methyl/N-ethyl adjacent to an activating group) is 1. The van der Waals surface area contributed by atoms with Gasteiger partial charge in [0.05, 0.1) is 11.5 Å². The van der Waals surface area contributed by atoms with Gasteiger partial charge in [0, 0.05) is 32.8 Å². The van der Waals surface area contributed by atoms with Crippen LogP contribution in [0.1, 0.15) is 30.0 Å². The Morgan fingerprint density at radius 1 is 1.07 bits per heavy atom. The lowest BCUT2D eigenvalue weighted by Gasteiger charge is -2.45. The molecule has 2 fully saturated rings. The highest BCUT2D eigenvalue weighted by Crippen LogP contribution is 2.38. The third kappa shape index (κ3) is 4.36. The second-order valence-corrected chi connectivity index (χ2v) is 8.35. The fourth-order valence-electron chi connectivity index (χ4n) is 4.65. The molecule has 4 rings (SSSR count). The van der Waals surface area contributed by atoms with Gasteiger partial charge in [-0.1, -0.05) is 42.5 Å². The molecule has 2 aromatic carbocycles. The predicted octanol–water partition coefficient (Wildman–Crippen LogP) is 3.68. The van der Waals surface area contributed by atoms with Gasteiger partial charge in [-0.2, -0.15) is 0 Å². The van der Waals surface area contributed by atoms with Crippen molar-refractivity contribution in [2.75, 3.05) is 39.9 Å². The van der Waals surface area contributed by atoms with Gasteiger partial charge in [-0.15, -0.1) is 0 Å². The van der Waals surface area contributed by atoms with Crippen LogP contribution in [0.2, 0.25) is 0 Å². The summed E-state index contributed by atoms with van der Waals surface area (Å²) in [6.07, 6.45) is 2.06. The number of nitrogens with zero attached hydrogens (tertiary/aromatic N) is 2. The highest BCUT2D eigenvalue weighted by Gasteiger charge is 2.44. The molecule has 0 aliphatic carbocycles. The van der Waals surface area contributed by atoms with E-state index in [1.807, 2.05) is 11.0 Å². The molecule has 0 bridgehead atoms. The fraction of sp³-hybridized carbons (Fsp3) is 0.458. The van der Waals surface area contributed by atoms with Crippen LogP contribution in [0, 0.1) is 11.2 Å². The van der Waals surface area contributed by atoms with Gasteiger partial charge in [-0.3, -0.25) is 9.69 Å². The normalized spacial score (nSPS) is 22.4. The summed E-state index contributed by atoms with van der Waals surface area (Å²) in [5, 5.41) is 0. The van der Waals surface area contributed by atoms with Crippen molar-refractivity contribution in [3.63, 3.8) is 0 Å². The van der Waals surface area contributed by atoms with Gasteiger partial charge >= 0.3 is 0 Å². The van der Waals surface area contributed by atoms with Gasteiger partial charge in [-0.25, -0.2) is 4.39 Å². The lowest BCUT2D eigenvalue weighted by atomic mass is 9.73. The van der Waals surface area contributed by atoms with Crippen LogP contribution in [0.5, 0.6) is 0 Å². The van der Waals surface area contributed by atoms with E-state index in [9.17, 15) is 9.18 Å². The summed E-state index contributed by atoms with van der Waals surface area (Å²) >= 11 is 0. The van der Waals surface area contributed by atoms with Crippen LogP contribution < -0.4 is 0 Å². The second-order valence-electron chi connectivity index (χ2n) is 8.35. The van der Waals surface area contributed by atoms with Crippen molar-refractivity contribution in [2.45, 2.75) is 25.3 Å². The van der Waals surface area contributed by atoms with Crippen LogP contribution in [-0.4, -0.2) is 55.6 Å². The topological polar surface area (TPSA) is 32.8 Å². The molecule has 29 heavy (non-hydrogen) atoms. The summed E-state index contributed by atoms with van der Waals surface area (Å²) in [6.45, 7) is 3.50. The molecule has 1 unspecified atom stereocenters. The Bertz CT molecular complexity index is 819. The lowest BCUT2D eigenvalue weighted by Crippen LogP contribution is -2.55. The van der Waals surface area contributed by atoms with Gasteiger partial charge in [0.15, 0.2) is 0 Å². The zero-order valence-electron chi connectivity index (χ0n) is 17.0. The number of carbonyl (C=O) groups excluding carboxylic acids is 1. The van der Waals surface area contributed by atoms with Crippen molar-refractivity contribution in [2.24, 2.45) is 5.41 Å². The Balaban J connectivity index is 1.56. The van der Waals surface area contributed by atoms with Gasteiger partial charge in [0.25, 0.3) is 0 Å². The van der Waals surface area contributed by atoms with Crippen LogP contribution in [0.15, 0.2) is 54.6 Å². The quantitative estimate of drug-likeness (QED) is 0.790. The maximum absolute atomic E-state index is 13.8. The number of amides is 1. The van der Waals surface area contributed by atoms with Crippen molar-refractivity contribution < 1.29 is 13.9 Å². The SMILES string of the molecule is CN1CCN(C(=O)C2(Cc3ccc(F)cc3)CCOCC2)CC1c1ccccc1. The van der Waals surface area contributed by atoms with Crippen LogP contribution in [0.3, 0.4) is 0 Å². The van der Waals surface area contributed by atoms with Crippen LogP contribution in [0.25, 0.3) is 0 Å². The first-order valence-corrected chi connectivity index (χ1v) is 10.4. The average molecular weight is 397 g/mol. The predicted molar refractivity (Wildman–Crippen MR) is 111 cm³/mol.